The number of aromatic nitrogens is 2. The van der Waals surface area contributed by atoms with E-state index in [9.17, 15) is 4.79 Å². The Hall–Kier alpha value is -1.92. The lowest BCUT2D eigenvalue weighted by molar-refractivity contribution is -0.117. The number of nitrogens with one attached hydrogen (secondary N) is 2. The summed E-state index contributed by atoms with van der Waals surface area (Å²) in [5.74, 6) is 0.556. The average molecular weight is 295 g/mol. The highest BCUT2D eigenvalue weighted by atomic mass is 35.5. The summed E-state index contributed by atoms with van der Waals surface area (Å²) < 4.78 is 4.69. The number of hydrogen-bond acceptors (Lipinski definition) is 5. The lowest BCUT2D eigenvalue weighted by Gasteiger charge is -2.11. The molecule has 1 saturated heterocycles. The number of carbonyl (C=O) groups excluding carboxylic acids is 1. The second kappa shape index (κ2) is 6.49. The van der Waals surface area contributed by atoms with Crippen molar-refractivity contribution in [2.24, 2.45) is 0 Å². The highest BCUT2D eigenvalue weighted by Crippen LogP contribution is 2.18. The third kappa shape index (κ3) is 3.15. The first-order valence-corrected chi connectivity index (χ1v) is 6.24. The van der Waals surface area contributed by atoms with Gasteiger partial charge in [-0.05, 0) is 43.7 Å². The molecular weight excluding hydrogens is 280 g/mol. The van der Waals surface area contributed by atoms with Crippen LogP contribution >= 0.6 is 12.4 Å². The van der Waals surface area contributed by atoms with Crippen molar-refractivity contribution in [2.45, 2.75) is 18.9 Å². The standard InChI is InChI=1S/C13H14N4O2.ClH/c18-13(11-2-1-7-14-11)16-10-5-3-9(4-6-10)12-15-8-19-17-12;/h3-6,8,11,14H,1-2,7H2,(H,16,18);1H. The number of carbonyl (C=O) groups is 1. The molecule has 7 heteroatoms. The maximum atomic E-state index is 11.9. The zero-order valence-electron chi connectivity index (χ0n) is 10.7. The number of rotatable bonds is 3. The Balaban J connectivity index is 0.00000147. The summed E-state index contributed by atoms with van der Waals surface area (Å²) >= 11 is 0. The van der Waals surface area contributed by atoms with Crippen LogP contribution in [0.4, 0.5) is 5.69 Å². The Morgan fingerprint density at radius 3 is 2.75 bits per heavy atom. The average Bonchev–Trinajstić information content (AvgIpc) is 3.13. The van der Waals surface area contributed by atoms with E-state index in [0.29, 0.717) is 5.82 Å². The van der Waals surface area contributed by atoms with Gasteiger partial charge in [0.25, 0.3) is 0 Å². The minimum Gasteiger partial charge on any atom is -0.342 e. The van der Waals surface area contributed by atoms with E-state index < -0.39 is 0 Å². The predicted molar refractivity (Wildman–Crippen MR) is 76.6 cm³/mol. The van der Waals surface area contributed by atoms with Crippen LogP contribution in [0.25, 0.3) is 11.4 Å². The molecule has 1 fully saturated rings. The number of benzene rings is 1. The Labute approximate surface area is 122 Å². The van der Waals surface area contributed by atoms with Crippen molar-refractivity contribution in [3.8, 4) is 11.4 Å². The third-order valence-corrected chi connectivity index (χ3v) is 3.15. The van der Waals surface area contributed by atoms with Crippen LogP contribution in [-0.4, -0.2) is 28.6 Å². The first-order chi connectivity index (χ1) is 9.33. The van der Waals surface area contributed by atoms with Gasteiger partial charge in [0.2, 0.25) is 18.1 Å². The molecule has 1 aromatic carbocycles. The Bertz CT molecular complexity index is 550. The molecule has 106 valence electrons. The van der Waals surface area contributed by atoms with Gasteiger partial charge in [-0.25, -0.2) is 0 Å². The molecule has 2 N–H and O–H groups in total. The molecule has 2 heterocycles. The summed E-state index contributed by atoms with van der Waals surface area (Å²) in [6.45, 7) is 0.912. The van der Waals surface area contributed by atoms with E-state index >= 15 is 0 Å². The lowest BCUT2D eigenvalue weighted by Crippen LogP contribution is -2.35. The summed E-state index contributed by atoms with van der Waals surface area (Å²) in [5.41, 5.74) is 1.62. The van der Waals surface area contributed by atoms with Gasteiger partial charge in [-0.3, -0.25) is 4.79 Å². The van der Waals surface area contributed by atoms with E-state index in [1.54, 1.807) is 0 Å². The Morgan fingerprint density at radius 2 is 2.15 bits per heavy atom. The summed E-state index contributed by atoms with van der Waals surface area (Å²) in [6, 6.07) is 7.29. The molecular formula is C13H15ClN4O2. The molecule has 1 aliphatic rings. The van der Waals surface area contributed by atoms with Crippen molar-refractivity contribution in [3.63, 3.8) is 0 Å². The van der Waals surface area contributed by atoms with E-state index in [1.807, 2.05) is 24.3 Å². The van der Waals surface area contributed by atoms with Crippen LogP contribution in [0.5, 0.6) is 0 Å². The molecule has 1 atom stereocenters. The minimum absolute atomic E-state index is 0. The molecule has 0 saturated carbocycles. The quantitative estimate of drug-likeness (QED) is 0.903. The number of halogens is 1. The number of nitrogens with zero attached hydrogens (tertiary/aromatic N) is 2. The van der Waals surface area contributed by atoms with Crippen LogP contribution in [0.3, 0.4) is 0 Å². The van der Waals surface area contributed by atoms with Crippen molar-refractivity contribution in [3.05, 3.63) is 30.7 Å². The van der Waals surface area contributed by atoms with Crippen LogP contribution < -0.4 is 10.6 Å². The van der Waals surface area contributed by atoms with Gasteiger partial charge in [-0.2, -0.15) is 4.98 Å². The fraction of sp³-hybridized carbons (Fsp3) is 0.308. The van der Waals surface area contributed by atoms with Gasteiger partial charge in [0.1, 0.15) is 0 Å². The van der Waals surface area contributed by atoms with Crippen molar-refractivity contribution >= 4 is 24.0 Å². The molecule has 6 nitrogen and oxygen atoms in total. The molecule has 3 rings (SSSR count). The summed E-state index contributed by atoms with van der Waals surface area (Å²) in [6.07, 6.45) is 3.23. The highest BCUT2D eigenvalue weighted by molar-refractivity contribution is 5.95. The Morgan fingerprint density at radius 1 is 1.35 bits per heavy atom. The molecule has 0 spiro atoms. The monoisotopic (exact) mass is 294 g/mol. The first-order valence-electron chi connectivity index (χ1n) is 6.24. The summed E-state index contributed by atoms with van der Waals surface area (Å²) in [5, 5.41) is 9.81. The zero-order chi connectivity index (χ0) is 13.1. The fourth-order valence-electron chi connectivity index (χ4n) is 2.14. The van der Waals surface area contributed by atoms with Crippen LogP contribution in [-0.2, 0) is 4.79 Å². The van der Waals surface area contributed by atoms with Gasteiger partial charge < -0.3 is 15.2 Å². The van der Waals surface area contributed by atoms with Crippen LogP contribution in [0.15, 0.2) is 35.2 Å². The smallest absolute Gasteiger partial charge is 0.241 e. The molecule has 1 unspecified atom stereocenters. The molecule has 20 heavy (non-hydrogen) atoms. The Kier molecular flexibility index (Phi) is 4.70. The topological polar surface area (TPSA) is 80.1 Å². The van der Waals surface area contributed by atoms with E-state index in [-0.39, 0.29) is 24.4 Å². The zero-order valence-corrected chi connectivity index (χ0v) is 11.5. The minimum atomic E-state index is -0.0723. The van der Waals surface area contributed by atoms with Crippen molar-refractivity contribution < 1.29 is 9.32 Å². The molecule has 0 radical (unpaired) electrons. The highest BCUT2D eigenvalue weighted by Gasteiger charge is 2.21. The predicted octanol–water partition coefficient (Wildman–Crippen LogP) is 1.85. The fourth-order valence-corrected chi connectivity index (χ4v) is 2.14. The maximum absolute atomic E-state index is 11.9. The number of anilines is 1. The van der Waals surface area contributed by atoms with E-state index in [4.69, 9.17) is 4.52 Å². The van der Waals surface area contributed by atoms with E-state index in [0.717, 1.165) is 30.6 Å². The van der Waals surface area contributed by atoms with Gasteiger partial charge in [-0.1, -0.05) is 5.16 Å². The summed E-state index contributed by atoms with van der Waals surface area (Å²) in [7, 11) is 0. The molecule has 0 bridgehead atoms. The second-order valence-corrected chi connectivity index (χ2v) is 4.47. The molecule has 1 amide bonds. The van der Waals surface area contributed by atoms with Gasteiger partial charge in [0.15, 0.2) is 0 Å². The number of amides is 1. The van der Waals surface area contributed by atoms with Gasteiger partial charge in [0, 0.05) is 11.3 Å². The molecule has 2 aromatic rings. The molecule has 1 aliphatic heterocycles. The van der Waals surface area contributed by atoms with Gasteiger partial charge >= 0.3 is 0 Å². The van der Waals surface area contributed by atoms with Crippen LogP contribution in [0, 0.1) is 0 Å². The summed E-state index contributed by atoms with van der Waals surface area (Å²) in [4.78, 5) is 15.9. The lowest BCUT2D eigenvalue weighted by atomic mass is 10.2. The van der Waals surface area contributed by atoms with Crippen molar-refractivity contribution in [2.75, 3.05) is 11.9 Å². The normalized spacial score (nSPS) is 17.5. The molecule has 1 aromatic heterocycles. The van der Waals surface area contributed by atoms with E-state index in [2.05, 4.69) is 20.8 Å². The third-order valence-electron chi connectivity index (χ3n) is 3.15. The molecule has 0 aliphatic carbocycles. The van der Waals surface area contributed by atoms with Gasteiger partial charge in [-0.15, -0.1) is 12.4 Å². The SMILES string of the molecule is Cl.O=C(Nc1ccc(-c2ncon2)cc1)C1CCCN1. The number of hydrogen-bond donors (Lipinski definition) is 2. The van der Waals surface area contributed by atoms with Crippen LogP contribution in [0.1, 0.15) is 12.8 Å². The van der Waals surface area contributed by atoms with Crippen LogP contribution in [0.2, 0.25) is 0 Å². The second-order valence-electron chi connectivity index (χ2n) is 4.47. The van der Waals surface area contributed by atoms with Gasteiger partial charge in [0.05, 0.1) is 6.04 Å². The van der Waals surface area contributed by atoms with Crippen molar-refractivity contribution in [1.29, 1.82) is 0 Å². The first kappa shape index (κ1) is 14.5. The van der Waals surface area contributed by atoms with E-state index in [1.165, 1.54) is 6.39 Å². The maximum Gasteiger partial charge on any atom is 0.241 e. The largest absolute Gasteiger partial charge is 0.342 e. The van der Waals surface area contributed by atoms with Crippen molar-refractivity contribution in [1.82, 2.24) is 15.5 Å².